The first-order chi connectivity index (χ1) is 13.0. The molecule has 27 heavy (non-hydrogen) atoms. The number of hydrogen-bond donors (Lipinski definition) is 3. The van der Waals surface area contributed by atoms with Gasteiger partial charge in [-0.15, -0.1) is 0 Å². The van der Waals surface area contributed by atoms with Gasteiger partial charge in [0.1, 0.15) is 0 Å². The molecule has 0 spiro atoms. The third-order valence-corrected chi connectivity index (χ3v) is 4.17. The highest BCUT2D eigenvalue weighted by Gasteiger charge is 2.22. The van der Waals surface area contributed by atoms with Gasteiger partial charge in [-0.25, -0.2) is 4.79 Å². The van der Waals surface area contributed by atoms with E-state index in [0.29, 0.717) is 24.3 Å². The zero-order valence-electron chi connectivity index (χ0n) is 15.0. The lowest BCUT2D eigenvalue weighted by molar-refractivity contribution is -0.127. The van der Waals surface area contributed by atoms with E-state index in [4.69, 9.17) is 4.42 Å². The maximum Gasteiger partial charge on any atom is 0.319 e. The summed E-state index contributed by atoms with van der Waals surface area (Å²) < 4.78 is 5.05. The summed E-state index contributed by atoms with van der Waals surface area (Å²) in [6.07, 6.45) is 2.87. The third kappa shape index (κ3) is 5.10. The molecule has 2 heterocycles. The second-order valence-corrected chi connectivity index (χ2v) is 6.46. The molecule has 8 nitrogen and oxygen atoms in total. The van der Waals surface area contributed by atoms with E-state index in [0.717, 1.165) is 13.0 Å². The van der Waals surface area contributed by atoms with E-state index in [2.05, 4.69) is 16.0 Å². The van der Waals surface area contributed by atoms with Crippen LogP contribution in [0.2, 0.25) is 0 Å². The van der Waals surface area contributed by atoms with Crippen LogP contribution in [0.5, 0.6) is 0 Å². The van der Waals surface area contributed by atoms with Gasteiger partial charge >= 0.3 is 6.03 Å². The lowest BCUT2D eigenvalue weighted by Crippen LogP contribution is -2.44. The summed E-state index contributed by atoms with van der Waals surface area (Å²) in [5, 5.41) is 8.24. The highest BCUT2D eigenvalue weighted by atomic mass is 16.3. The van der Waals surface area contributed by atoms with Gasteiger partial charge in [0.15, 0.2) is 5.76 Å². The number of rotatable bonds is 6. The number of urea groups is 1. The van der Waals surface area contributed by atoms with Gasteiger partial charge in [-0.1, -0.05) is 6.07 Å². The number of anilines is 2. The van der Waals surface area contributed by atoms with Crippen LogP contribution in [0.15, 0.2) is 47.1 Å². The Morgan fingerprint density at radius 2 is 1.96 bits per heavy atom. The van der Waals surface area contributed by atoms with Gasteiger partial charge in [0, 0.05) is 36.9 Å². The lowest BCUT2D eigenvalue weighted by atomic mass is 10.2. The standard InChI is InChI=1S/C19H22N4O4/c1-13(12-23-9-3-8-17(23)24)20-19(26)22-15-6-2-5-14(11-15)21-18(25)16-7-4-10-27-16/h2,4-7,10-11,13H,3,8-9,12H2,1H3,(H,21,25)(H2,20,22,26). The molecular weight excluding hydrogens is 348 g/mol. The van der Waals surface area contributed by atoms with E-state index >= 15 is 0 Å². The fourth-order valence-corrected chi connectivity index (χ4v) is 2.94. The van der Waals surface area contributed by atoms with Crippen LogP contribution in [0.4, 0.5) is 16.2 Å². The number of carbonyl (C=O) groups excluding carboxylic acids is 3. The van der Waals surface area contributed by atoms with Crippen LogP contribution in [-0.4, -0.2) is 41.9 Å². The Balaban J connectivity index is 1.51. The quantitative estimate of drug-likeness (QED) is 0.727. The predicted octanol–water partition coefficient (Wildman–Crippen LogP) is 2.66. The van der Waals surface area contributed by atoms with E-state index in [1.165, 1.54) is 6.26 Å². The van der Waals surface area contributed by atoms with E-state index in [1.54, 1.807) is 41.3 Å². The predicted molar refractivity (Wildman–Crippen MR) is 101 cm³/mol. The first-order valence-corrected chi connectivity index (χ1v) is 8.81. The topological polar surface area (TPSA) is 104 Å². The fourth-order valence-electron chi connectivity index (χ4n) is 2.94. The Morgan fingerprint density at radius 1 is 1.19 bits per heavy atom. The highest BCUT2D eigenvalue weighted by molar-refractivity contribution is 6.02. The molecule has 8 heteroatoms. The first-order valence-electron chi connectivity index (χ1n) is 8.81. The van der Waals surface area contributed by atoms with Crippen molar-refractivity contribution in [3.63, 3.8) is 0 Å². The van der Waals surface area contributed by atoms with Crippen LogP contribution in [0.3, 0.4) is 0 Å². The van der Waals surface area contributed by atoms with Gasteiger partial charge in [-0.3, -0.25) is 9.59 Å². The smallest absolute Gasteiger partial charge is 0.319 e. The van der Waals surface area contributed by atoms with E-state index in [1.807, 2.05) is 6.92 Å². The van der Waals surface area contributed by atoms with Gasteiger partial charge in [-0.2, -0.15) is 0 Å². The van der Waals surface area contributed by atoms with Crippen LogP contribution in [0.1, 0.15) is 30.3 Å². The van der Waals surface area contributed by atoms with Crippen molar-refractivity contribution in [1.82, 2.24) is 10.2 Å². The second-order valence-electron chi connectivity index (χ2n) is 6.46. The number of likely N-dealkylation sites (tertiary alicyclic amines) is 1. The summed E-state index contributed by atoms with van der Waals surface area (Å²) in [6.45, 7) is 3.08. The number of hydrogen-bond acceptors (Lipinski definition) is 4. The SMILES string of the molecule is CC(CN1CCCC1=O)NC(=O)Nc1cccc(NC(=O)c2ccco2)c1. The average Bonchev–Trinajstić information content (AvgIpc) is 3.27. The van der Waals surface area contributed by atoms with Crippen molar-refractivity contribution >= 4 is 29.2 Å². The highest BCUT2D eigenvalue weighted by Crippen LogP contribution is 2.16. The van der Waals surface area contributed by atoms with E-state index < -0.39 is 0 Å². The van der Waals surface area contributed by atoms with Crippen LogP contribution in [0.25, 0.3) is 0 Å². The molecule has 0 radical (unpaired) electrons. The molecule has 0 bridgehead atoms. The summed E-state index contributed by atoms with van der Waals surface area (Å²) in [7, 11) is 0. The van der Waals surface area contributed by atoms with Crippen molar-refractivity contribution in [1.29, 1.82) is 0 Å². The molecule has 1 aromatic carbocycles. The largest absolute Gasteiger partial charge is 0.459 e. The van der Waals surface area contributed by atoms with Crippen LogP contribution in [0, 0.1) is 0 Å². The van der Waals surface area contributed by atoms with Crippen molar-refractivity contribution in [2.24, 2.45) is 0 Å². The maximum absolute atomic E-state index is 12.2. The minimum atomic E-state index is -0.372. The molecule has 1 aliphatic rings. The summed E-state index contributed by atoms with van der Waals surface area (Å²) in [5.41, 5.74) is 1.07. The van der Waals surface area contributed by atoms with Crippen molar-refractivity contribution in [3.8, 4) is 0 Å². The zero-order chi connectivity index (χ0) is 19.2. The van der Waals surface area contributed by atoms with Crippen LogP contribution in [-0.2, 0) is 4.79 Å². The Morgan fingerprint density at radius 3 is 2.63 bits per heavy atom. The van der Waals surface area contributed by atoms with Gasteiger partial charge in [0.25, 0.3) is 5.91 Å². The monoisotopic (exact) mass is 370 g/mol. The fraction of sp³-hybridized carbons (Fsp3) is 0.316. The Bertz CT molecular complexity index is 819. The molecule has 3 rings (SSSR count). The summed E-state index contributed by atoms with van der Waals surface area (Å²) in [4.78, 5) is 37.6. The molecule has 1 fully saturated rings. The molecule has 2 aromatic rings. The number of nitrogens with one attached hydrogen (secondary N) is 3. The molecule has 1 aromatic heterocycles. The van der Waals surface area contributed by atoms with E-state index in [-0.39, 0.29) is 29.6 Å². The average molecular weight is 370 g/mol. The number of nitrogens with zero attached hydrogens (tertiary/aromatic N) is 1. The first kappa shape index (κ1) is 18.5. The molecule has 1 atom stereocenters. The number of amides is 4. The number of benzene rings is 1. The van der Waals surface area contributed by atoms with Crippen molar-refractivity contribution in [3.05, 3.63) is 48.4 Å². The van der Waals surface area contributed by atoms with Crippen LogP contribution < -0.4 is 16.0 Å². The normalized spacial score (nSPS) is 14.7. The Labute approximate surface area is 156 Å². The minimum absolute atomic E-state index is 0.129. The number of carbonyl (C=O) groups is 3. The molecule has 0 aliphatic carbocycles. The van der Waals surface area contributed by atoms with E-state index in [9.17, 15) is 14.4 Å². The van der Waals surface area contributed by atoms with Gasteiger partial charge in [0.05, 0.1) is 6.26 Å². The summed E-state index contributed by atoms with van der Waals surface area (Å²) in [6, 6.07) is 9.46. The summed E-state index contributed by atoms with van der Waals surface area (Å²) in [5.74, 6) is -0.0362. The molecule has 1 saturated heterocycles. The lowest BCUT2D eigenvalue weighted by Gasteiger charge is -2.21. The van der Waals surface area contributed by atoms with Crippen molar-refractivity contribution in [2.45, 2.75) is 25.8 Å². The molecule has 4 amide bonds. The van der Waals surface area contributed by atoms with Crippen LogP contribution >= 0.6 is 0 Å². The third-order valence-electron chi connectivity index (χ3n) is 4.17. The maximum atomic E-state index is 12.2. The summed E-state index contributed by atoms with van der Waals surface area (Å²) >= 11 is 0. The number of furan rings is 1. The molecule has 0 saturated carbocycles. The molecule has 1 aliphatic heterocycles. The Kier molecular flexibility index (Phi) is 5.75. The molecular formula is C19H22N4O4. The molecule has 1 unspecified atom stereocenters. The molecule has 3 N–H and O–H groups in total. The zero-order valence-corrected chi connectivity index (χ0v) is 15.0. The van der Waals surface area contributed by atoms with Gasteiger partial charge < -0.3 is 25.3 Å². The molecule has 142 valence electrons. The minimum Gasteiger partial charge on any atom is -0.459 e. The second kappa shape index (κ2) is 8.39. The van der Waals surface area contributed by atoms with Gasteiger partial charge in [0.2, 0.25) is 5.91 Å². The van der Waals surface area contributed by atoms with Crippen molar-refractivity contribution in [2.75, 3.05) is 23.7 Å². The van der Waals surface area contributed by atoms with Gasteiger partial charge in [-0.05, 0) is 43.7 Å². The Hall–Kier alpha value is -3.29. The van der Waals surface area contributed by atoms with Crippen molar-refractivity contribution < 1.29 is 18.8 Å².